The third kappa shape index (κ3) is 1.80. The van der Waals surface area contributed by atoms with Crippen LogP contribution >= 0.6 is 11.8 Å². The first-order valence-electron chi connectivity index (χ1n) is 5.67. The summed E-state index contributed by atoms with van der Waals surface area (Å²) < 4.78 is 0.498. The number of thioether (sulfide) groups is 1. The molecule has 0 aliphatic carbocycles. The molecular weight excluding hydrogens is 252 g/mol. The normalized spacial score (nSPS) is 16.1. The predicted octanol–water partition coefficient (Wildman–Crippen LogP) is 0.582. The Bertz CT molecular complexity index is 636. The van der Waals surface area contributed by atoms with Crippen LogP contribution in [-0.4, -0.2) is 44.5 Å². The summed E-state index contributed by atoms with van der Waals surface area (Å²) in [5.74, 6) is 2.66. The Morgan fingerprint density at radius 1 is 1.33 bits per heavy atom. The molecule has 94 valence electrons. The average Bonchev–Trinajstić information content (AvgIpc) is 2.44. The topological polar surface area (TPSA) is 71.2 Å². The van der Waals surface area contributed by atoms with Crippen LogP contribution in [0.2, 0.25) is 0 Å². The van der Waals surface area contributed by atoms with Crippen LogP contribution in [0.25, 0.3) is 11.0 Å². The van der Waals surface area contributed by atoms with Gasteiger partial charge in [0.25, 0.3) is 0 Å². The molecule has 0 saturated carbocycles. The van der Waals surface area contributed by atoms with Crippen LogP contribution in [0.15, 0.2) is 23.1 Å². The van der Waals surface area contributed by atoms with Crippen LogP contribution in [0, 0.1) is 0 Å². The molecule has 1 aliphatic heterocycles. The molecule has 0 unspecified atom stereocenters. The molecule has 7 heteroatoms. The summed E-state index contributed by atoms with van der Waals surface area (Å²) in [4.78, 5) is 21.7. The van der Waals surface area contributed by atoms with Crippen LogP contribution in [0.5, 0.6) is 0 Å². The van der Waals surface area contributed by atoms with Crippen molar-refractivity contribution in [2.45, 2.75) is 0 Å². The Hall–Kier alpha value is -1.76. The summed E-state index contributed by atoms with van der Waals surface area (Å²) in [6.45, 7) is 1.72. The van der Waals surface area contributed by atoms with Crippen molar-refractivity contribution >= 4 is 28.6 Å². The molecule has 2 aromatic heterocycles. The number of anilines is 1. The molecule has 2 aromatic rings. The number of fused-ring (bicyclic) bond motifs is 1. The van der Waals surface area contributed by atoms with E-state index in [1.54, 1.807) is 12.3 Å². The Kier molecular flexibility index (Phi) is 2.83. The van der Waals surface area contributed by atoms with Gasteiger partial charge in [-0.2, -0.15) is 16.7 Å². The van der Waals surface area contributed by atoms with E-state index in [2.05, 4.69) is 14.9 Å². The van der Waals surface area contributed by atoms with Crippen molar-refractivity contribution in [3.05, 3.63) is 28.8 Å². The highest BCUT2D eigenvalue weighted by molar-refractivity contribution is 7.99. The van der Waals surface area contributed by atoms with Crippen LogP contribution in [0.3, 0.4) is 0 Å². The quantitative estimate of drug-likeness (QED) is 0.760. The van der Waals surface area contributed by atoms with Gasteiger partial charge in [0, 0.05) is 30.8 Å². The number of hydrogen-bond donors (Lipinski definition) is 1. The van der Waals surface area contributed by atoms with E-state index >= 15 is 0 Å². The Labute approximate surface area is 107 Å². The number of pyridine rings is 1. The second kappa shape index (κ2) is 4.49. The molecule has 0 spiro atoms. The summed E-state index contributed by atoms with van der Waals surface area (Å²) in [5, 5.41) is 10.3. The number of nitrogens with zero attached hydrogens (tertiary/aromatic N) is 4. The largest absolute Gasteiger partial charge is 0.422 e. The van der Waals surface area contributed by atoms with Crippen LogP contribution in [0.1, 0.15) is 0 Å². The van der Waals surface area contributed by atoms with Crippen molar-refractivity contribution in [2.24, 2.45) is 0 Å². The lowest BCUT2D eigenvalue weighted by molar-refractivity contribution is 0.182. The van der Waals surface area contributed by atoms with E-state index in [4.69, 9.17) is 0 Å². The maximum atomic E-state index is 11.6. The fourth-order valence-electron chi connectivity index (χ4n) is 2.05. The van der Waals surface area contributed by atoms with Gasteiger partial charge in [-0.3, -0.25) is 0 Å². The minimum atomic E-state index is -0.686. The van der Waals surface area contributed by atoms with Gasteiger partial charge in [-0.15, -0.1) is 4.73 Å². The van der Waals surface area contributed by atoms with Crippen molar-refractivity contribution in [3.63, 3.8) is 0 Å². The molecular formula is C11H12N4O2S. The third-order valence-corrected chi connectivity index (χ3v) is 3.86. The Balaban J connectivity index is 2.22. The SMILES string of the molecule is O=c1nc(N2CCSCC2)c2cccnc2n1O. The fourth-order valence-corrected chi connectivity index (χ4v) is 2.95. The average molecular weight is 264 g/mol. The maximum Gasteiger partial charge on any atom is 0.384 e. The Morgan fingerprint density at radius 2 is 2.11 bits per heavy atom. The number of hydrogen-bond acceptors (Lipinski definition) is 6. The highest BCUT2D eigenvalue weighted by Gasteiger charge is 2.18. The maximum absolute atomic E-state index is 11.6. The summed E-state index contributed by atoms with van der Waals surface area (Å²) in [7, 11) is 0. The van der Waals surface area contributed by atoms with Crippen LogP contribution in [-0.2, 0) is 0 Å². The molecule has 0 aromatic carbocycles. The van der Waals surface area contributed by atoms with Crippen molar-refractivity contribution < 1.29 is 5.21 Å². The molecule has 1 saturated heterocycles. The molecule has 0 atom stereocenters. The van der Waals surface area contributed by atoms with Gasteiger partial charge in [0.1, 0.15) is 5.82 Å². The molecule has 1 aliphatic rings. The lowest BCUT2D eigenvalue weighted by Gasteiger charge is -2.28. The third-order valence-electron chi connectivity index (χ3n) is 2.92. The predicted molar refractivity (Wildman–Crippen MR) is 70.5 cm³/mol. The summed E-state index contributed by atoms with van der Waals surface area (Å²) in [6.07, 6.45) is 1.55. The molecule has 6 nitrogen and oxygen atoms in total. The van der Waals surface area contributed by atoms with Gasteiger partial charge >= 0.3 is 5.69 Å². The number of aromatic nitrogens is 3. The van der Waals surface area contributed by atoms with E-state index in [9.17, 15) is 10.0 Å². The minimum Gasteiger partial charge on any atom is -0.422 e. The van der Waals surface area contributed by atoms with E-state index in [0.717, 1.165) is 24.6 Å². The van der Waals surface area contributed by atoms with Crippen LogP contribution in [0.4, 0.5) is 5.82 Å². The van der Waals surface area contributed by atoms with E-state index in [0.29, 0.717) is 15.9 Å². The number of rotatable bonds is 1. The van der Waals surface area contributed by atoms with Gasteiger partial charge in [0.2, 0.25) is 0 Å². The molecule has 0 amide bonds. The molecule has 0 radical (unpaired) electrons. The second-order valence-electron chi connectivity index (χ2n) is 4.00. The standard InChI is InChI=1S/C11H12N4O2S/c16-11-13-10(14-4-6-18-7-5-14)8-2-1-3-12-9(8)15(11)17/h1-3,17H,4-7H2. The van der Waals surface area contributed by atoms with Gasteiger partial charge in [-0.25, -0.2) is 9.78 Å². The van der Waals surface area contributed by atoms with Crippen LogP contribution < -0.4 is 10.6 Å². The van der Waals surface area contributed by atoms with Gasteiger partial charge in [-0.05, 0) is 12.1 Å². The van der Waals surface area contributed by atoms with Crippen molar-refractivity contribution in [3.8, 4) is 0 Å². The zero-order valence-electron chi connectivity index (χ0n) is 9.61. The summed E-state index contributed by atoms with van der Waals surface area (Å²) in [5.41, 5.74) is -0.430. The molecule has 0 bridgehead atoms. The van der Waals surface area contributed by atoms with E-state index in [1.165, 1.54) is 0 Å². The molecule has 1 N–H and O–H groups in total. The first kappa shape index (κ1) is 11.3. The van der Waals surface area contributed by atoms with Crippen molar-refractivity contribution in [2.75, 3.05) is 29.5 Å². The summed E-state index contributed by atoms with van der Waals surface area (Å²) >= 11 is 1.89. The lowest BCUT2D eigenvalue weighted by Crippen LogP contribution is -2.35. The minimum absolute atomic E-state index is 0.255. The Morgan fingerprint density at radius 3 is 2.89 bits per heavy atom. The highest BCUT2D eigenvalue weighted by atomic mass is 32.2. The summed E-state index contributed by atoms with van der Waals surface area (Å²) in [6, 6.07) is 3.59. The molecule has 1 fully saturated rings. The van der Waals surface area contributed by atoms with Gasteiger partial charge in [0.15, 0.2) is 5.65 Å². The van der Waals surface area contributed by atoms with Crippen molar-refractivity contribution in [1.29, 1.82) is 0 Å². The van der Waals surface area contributed by atoms with Gasteiger partial charge in [0.05, 0.1) is 5.39 Å². The fraction of sp³-hybridized carbons (Fsp3) is 0.364. The monoisotopic (exact) mass is 264 g/mol. The van der Waals surface area contributed by atoms with Crippen molar-refractivity contribution in [1.82, 2.24) is 14.7 Å². The zero-order valence-corrected chi connectivity index (χ0v) is 10.4. The second-order valence-corrected chi connectivity index (χ2v) is 5.23. The molecule has 3 heterocycles. The van der Waals surface area contributed by atoms with E-state index in [-0.39, 0.29) is 5.65 Å². The smallest absolute Gasteiger partial charge is 0.384 e. The first-order chi connectivity index (χ1) is 8.77. The zero-order chi connectivity index (χ0) is 12.5. The lowest BCUT2D eigenvalue weighted by atomic mass is 10.3. The highest BCUT2D eigenvalue weighted by Crippen LogP contribution is 2.23. The molecule has 3 rings (SSSR count). The van der Waals surface area contributed by atoms with Gasteiger partial charge < -0.3 is 10.1 Å². The van der Waals surface area contributed by atoms with E-state index < -0.39 is 5.69 Å². The first-order valence-corrected chi connectivity index (χ1v) is 6.82. The van der Waals surface area contributed by atoms with E-state index in [1.807, 2.05) is 17.8 Å². The van der Waals surface area contributed by atoms with Gasteiger partial charge in [-0.1, -0.05) is 0 Å². The molecule has 18 heavy (non-hydrogen) atoms.